The topological polar surface area (TPSA) is 63.7 Å². The third kappa shape index (κ3) is 3.36. The first-order chi connectivity index (χ1) is 9.71. The lowest BCUT2D eigenvalue weighted by Gasteiger charge is -2.23. The average molecular weight is 336 g/mol. The Kier molecular flexibility index (Phi) is 4.55. The van der Waals surface area contributed by atoms with Crippen molar-refractivity contribution >= 4 is 25.6 Å². The first-order valence-electron chi connectivity index (χ1n) is 6.31. The number of carbonyl (C=O) groups is 1. The molecule has 8 heteroatoms. The molecule has 0 aromatic heterocycles. The van der Waals surface area contributed by atoms with Gasteiger partial charge in [0.05, 0.1) is 23.1 Å². The molecule has 5 nitrogen and oxygen atoms in total. The monoisotopic (exact) mass is 335 g/mol. The molecule has 2 rings (SSSR count). The van der Waals surface area contributed by atoms with Crippen LogP contribution in [-0.2, 0) is 13.8 Å². The Morgan fingerprint density at radius 3 is 2.67 bits per heavy atom. The number of benzene rings is 1. The van der Waals surface area contributed by atoms with Crippen molar-refractivity contribution in [3.63, 3.8) is 0 Å². The van der Waals surface area contributed by atoms with Crippen molar-refractivity contribution in [2.24, 2.45) is 0 Å². The Bertz CT molecular complexity index is 671. The largest absolute Gasteiger partial charge is 0.379 e. The molecule has 1 heterocycles. The zero-order valence-electron chi connectivity index (χ0n) is 11.6. The van der Waals surface area contributed by atoms with E-state index in [0.29, 0.717) is 19.6 Å². The van der Waals surface area contributed by atoms with E-state index in [1.54, 1.807) is 7.05 Å². The van der Waals surface area contributed by atoms with Crippen molar-refractivity contribution in [2.75, 3.05) is 20.3 Å². The van der Waals surface area contributed by atoms with Gasteiger partial charge in [-0.15, -0.1) is 0 Å². The van der Waals surface area contributed by atoms with Gasteiger partial charge in [-0.1, -0.05) is 0 Å². The molecule has 0 N–H and O–H groups in total. The molecule has 0 radical (unpaired) electrons. The predicted octanol–water partition coefficient (Wildman–Crippen LogP) is 1.92. The number of likely N-dealkylation sites (N-methyl/N-ethyl adjacent to an activating group) is 1. The maximum Gasteiger partial charge on any atom is 0.261 e. The standard InChI is InChI=1S/C13H15ClFNO4S/c1-8-5-10(21(14,18)19)6-11(12(8)15)13(17)16(2)9-3-4-20-7-9/h5-6,9H,3-4,7H2,1-2H3. The van der Waals surface area contributed by atoms with Crippen LogP contribution in [0.3, 0.4) is 0 Å². The number of ether oxygens (including phenoxy) is 1. The highest BCUT2D eigenvalue weighted by molar-refractivity contribution is 8.13. The lowest BCUT2D eigenvalue weighted by atomic mass is 10.1. The Balaban J connectivity index is 2.42. The highest BCUT2D eigenvalue weighted by Gasteiger charge is 2.28. The Morgan fingerprint density at radius 1 is 1.48 bits per heavy atom. The second kappa shape index (κ2) is 5.90. The van der Waals surface area contributed by atoms with Crippen LogP contribution in [0.25, 0.3) is 0 Å². The number of nitrogens with zero attached hydrogens (tertiary/aromatic N) is 1. The van der Waals surface area contributed by atoms with Crippen molar-refractivity contribution in [1.82, 2.24) is 4.90 Å². The fourth-order valence-corrected chi connectivity index (χ4v) is 3.06. The van der Waals surface area contributed by atoms with Crippen molar-refractivity contribution in [2.45, 2.75) is 24.3 Å². The van der Waals surface area contributed by atoms with Crippen LogP contribution in [0.15, 0.2) is 17.0 Å². The molecular formula is C13H15ClFNO4S. The molecule has 0 saturated carbocycles. The molecular weight excluding hydrogens is 321 g/mol. The second-order valence-corrected chi connectivity index (χ2v) is 7.54. The van der Waals surface area contributed by atoms with Gasteiger partial charge in [0.2, 0.25) is 0 Å². The van der Waals surface area contributed by atoms with E-state index >= 15 is 0 Å². The van der Waals surface area contributed by atoms with Gasteiger partial charge in [-0.2, -0.15) is 0 Å². The summed E-state index contributed by atoms with van der Waals surface area (Å²) in [6.45, 7) is 2.31. The molecule has 1 amide bonds. The highest BCUT2D eigenvalue weighted by Crippen LogP contribution is 2.24. The van der Waals surface area contributed by atoms with Crippen molar-refractivity contribution in [3.05, 3.63) is 29.1 Å². The summed E-state index contributed by atoms with van der Waals surface area (Å²) < 4.78 is 42.1. The molecule has 0 bridgehead atoms. The third-order valence-corrected chi connectivity index (χ3v) is 4.85. The van der Waals surface area contributed by atoms with Gasteiger partial charge in [0.1, 0.15) is 5.82 Å². The van der Waals surface area contributed by atoms with Crippen LogP contribution in [0.4, 0.5) is 4.39 Å². The van der Waals surface area contributed by atoms with Crippen LogP contribution < -0.4 is 0 Å². The van der Waals surface area contributed by atoms with Crippen LogP contribution in [-0.4, -0.2) is 45.5 Å². The summed E-state index contributed by atoms with van der Waals surface area (Å²) in [4.78, 5) is 13.5. The summed E-state index contributed by atoms with van der Waals surface area (Å²) in [5, 5.41) is 0. The number of amides is 1. The molecule has 1 aliphatic heterocycles. The van der Waals surface area contributed by atoms with E-state index in [4.69, 9.17) is 15.4 Å². The van der Waals surface area contributed by atoms with Gasteiger partial charge in [0.25, 0.3) is 15.0 Å². The lowest BCUT2D eigenvalue weighted by molar-refractivity contribution is 0.0706. The Morgan fingerprint density at radius 2 is 2.14 bits per heavy atom. The summed E-state index contributed by atoms with van der Waals surface area (Å²) in [6.07, 6.45) is 0.663. The van der Waals surface area contributed by atoms with E-state index in [-0.39, 0.29) is 22.1 Å². The van der Waals surface area contributed by atoms with Crippen LogP contribution >= 0.6 is 10.7 Å². The summed E-state index contributed by atoms with van der Waals surface area (Å²) in [5.74, 6) is -1.33. The molecule has 0 aliphatic carbocycles. The molecule has 1 saturated heterocycles. The molecule has 116 valence electrons. The normalized spacial score (nSPS) is 18.8. The Hall–Kier alpha value is -1.18. The summed E-state index contributed by atoms with van der Waals surface area (Å²) in [5.41, 5.74) is -0.250. The minimum Gasteiger partial charge on any atom is -0.379 e. The smallest absolute Gasteiger partial charge is 0.261 e. The maximum absolute atomic E-state index is 14.2. The van der Waals surface area contributed by atoms with Gasteiger partial charge in [-0.3, -0.25) is 4.79 Å². The number of carbonyl (C=O) groups excluding carboxylic acids is 1. The first kappa shape index (κ1) is 16.2. The fraction of sp³-hybridized carbons (Fsp3) is 0.462. The summed E-state index contributed by atoms with van der Waals surface area (Å²) in [7, 11) is 2.78. The minimum absolute atomic E-state index is 0.0520. The van der Waals surface area contributed by atoms with Gasteiger partial charge in [-0.25, -0.2) is 12.8 Å². The molecule has 21 heavy (non-hydrogen) atoms. The van der Waals surface area contributed by atoms with E-state index in [2.05, 4.69) is 0 Å². The van der Waals surface area contributed by atoms with Crippen molar-refractivity contribution in [3.8, 4) is 0 Å². The zero-order valence-corrected chi connectivity index (χ0v) is 13.2. The third-order valence-electron chi connectivity index (χ3n) is 3.51. The Labute approximate surface area is 127 Å². The van der Waals surface area contributed by atoms with Gasteiger partial charge in [-0.05, 0) is 31.0 Å². The summed E-state index contributed by atoms with van der Waals surface area (Å²) in [6, 6.07) is 1.93. The van der Waals surface area contributed by atoms with Gasteiger partial charge in [0.15, 0.2) is 0 Å². The van der Waals surface area contributed by atoms with Crippen LogP contribution in [0.5, 0.6) is 0 Å². The quantitative estimate of drug-likeness (QED) is 0.792. The number of hydrogen-bond donors (Lipinski definition) is 0. The highest BCUT2D eigenvalue weighted by atomic mass is 35.7. The molecule has 1 aromatic carbocycles. The fourth-order valence-electron chi connectivity index (χ4n) is 2.22. The number of hydrogen-bond acceptors (Lipinski definition) is 4. The van der Waals surface area contributed by atoms with E-state index in [0.717, 1.165) is 12.1 Å². The average Bonchev–Trinajstić information content (AvgIpc) is 2.92. The first-order valence-corrected chi connectivity index (χ1v) is 8.62. The minimum atomic E-state index is -4.03. The van der Waals surface area contributed by atoms with E-state index < -0.39 is 20.8 Å². The summed E-state index contributed by atoms with van der Waals surface area (Å²) >= 11 is 0. The van der Waals surface area contributed by atoms with Crippen molar-refractivity contribution in [1.29, 1.82) is 0 Å². The van der Waals surface area contributed by atoms with E-state index in [9.17, 15) is 17.6 Å². The molecule has 1 unspecified atom stereocenters. The van der Waals surface area contributed by atoms with Gasteiger partial charge in [0, 0.05) is 24.3 Å². The number of halogens is 2. The molecule has 0 spiro atoms. The van der Waals surface area contributed by atoms with Gasteiger partial charge >= 0.3 is 0 Å². The van der Waals surface area contributed by atoms with Crippen LogP contribution in [0.1, 0.15) is 22.3 Å². The SMILES string of the molecule is Cc1cc(S(=O)(=O)Cl)cc(C(=O)N(C)C2CCOC2)c1F. The predicted molar refractivity (Wildman–Crippen MR) is 75.5 cm³/mol. The molecule has 1 fully saturated rings. The van der Waals surface area contributed by atoms with Crippen LogP contribution in [0, 0.1) is 12.7 Å². The number of aryl methyl sites for hydroxylation is 1. The van der Waals surface area contributed by atoms with Crippen LogP contribution in [0.2, 0.25) is 0 Å². The zero-order chi connectivity index (χ0) is 15.8. The molecule has 1 aliphatic rings. The number of rotatable bonds is 3. The maximum atomic E-state index is 14.2. The van der Waals surface area contributed by atoms with E-state index in [1.165, 1.54) is 11.8 Å². The molecule has 1 atom stereocenters. The van der Waals surface area contributed by atoms with E-state index in [1.807, 2.05) is 0 Å². The second-order valence-electron chi connectivity index (χ2n) is 4.97. The molecule has 1 aromatic rings. The van der Waals surface area contributed by atoms with Crippen molar-refractivity contribution < 1.29 is 22.3 Å². The lowest BCUT2D eigenvalue weighted by Crippen LogP contribution is -2.37. The van der Waals surface area contributed by atoms with Gasteiger partial charge < -0.3 is 9.64 Å².